The van der Waals surface area contributed by atoms with Crippen LogP contribution in [-0.2, 0) is 26.4 Å². The van der Waals surface area contributed by atoms with E-state index in [1.807, 2.05) is 0 Å². The molecule has 0 aliphatic heterocycles. The van der Waals surface area contributed by atoms with Gasteiger partial charge in [0.2, 0.25) is 0 Å². The summed E-state index contributed by atoms with van der Waals surface area (Å²) in [6.45, 7) is 3.57. The molecular weight excluding hydrogens is 438 g/mol. The molecule has 0 unspecified atom stereocenters. The second-order valence-electron chi connectivity index (χ2n) is 7.61. The van der Waals surface area contributed by atoms with Crippen molar-refractivity contribution >= 4 is 21.8 Å². The molecule has 4 rings (SSSR count). The van der Waals surface area contributed by atoms with Gasteiger partial charge < -0.3 is 19.3 Å². The Labute approximate surface area is 178 Å². The average molecular weight is 458 g/mol. The number of hydrogen-bond donors (Lipinski definition) is 2. The number of phenolic OH excluding ortho intramolecular Hbond substituents is 2. The molecule has 0 aliphatic rings. The van der Waals surface area contributed by atoms with Crippen LogP contribution in [0.3, 0.4) is 0 Å². The molecule has 0 aliphatic carbocycles. The summed E-state index contributed by atoms with van der Waals surface area (Å²) in [7, 11) is 3.35. The molecule has 0 bridgehead atoms. The Bertz CT molecular complexity index is 1210. The van der Waals surface area contributed by atoms with Crippen molar-refractivity contribution in [3.05, 3.63) is 58.9 Å². The first-order valence-corrected chi connectivity index (χ1v) is 9.33. The van der Waals surface area contributed by atoms with Crippen LogP contribution >= 0.6 is 0 Å². The molecule has 2 aromatic carbocycles. The van der Waals surface area contributed by atoms with Gasteiger partial charge in [0.05, 0.1) is 11.1 Å². The third-order valence-corrected chi connectivity index (χ3v) is 5.22. The maximum absolute atomic E-state index is 12.5. The third-order valence-electron chi connectivity index (χ3n) is 5.22. The van der Waals surface area contributed by atoms with E-state index < -0.39 is 35.0 Å². The zero-order chi connectivity index (χ0) is 24.2. The highest BCUT2D eigenvalue weighted by molar-refractivity contribution is 5.87. The number of phenols is 2. The monoisotopic (exact) mass is 458 g/mol. The van der Waals surface area contributed by atoms with Gasteiger partial charge in [0.25, 0.3) is 0 Å². The number of fused-ring (bicyclic) bond motifs is 2. The van der Waals surface area contributed by atoms with E-state index in [1.54, 1.807) is 49.5 Å². The van der Waals surface area contributed by atoms with E-state index in [1.165, 1.54) is 0 Å². The van der Waals surface area contributed by atoms with E-state index in [4.69, 9.17) is 0 Å². The Hall–Kier alpha value is -3.30. The lowest BCUT2D eigenvalue weighted by molar-refractivity contribution is -0.139. The molecule has 2 heterocycles. The van der Waals surface area contributed by atoms with Crippen molar-refractivity contribution in [3.63, 3.8) is 0 Å². The van der Waals surface area contributed by atoms with Gasteiger partial charge in [-0.25, -0.2) is 0 Å². The summed E-state index contributed by atoms with van der Waals surface area (Å²) in [5.41, 5.74) is 0.593. The molecule has 0 atom stereocenters. The largest absolute Gasteiger partial charge is 0.507 e. The smallest absolute Gasteiger partial charge is 0.420 e. The highest BCUT2D eigenvalue weighted by Crippen LogP contribution is 2.40. The van der Waals surface area contributed by atoms with Gasteiger partial charge in [0.15, 0.2) is 0 Å². The first-order valence-electron chi connectivity index (χ1n) is 9.33. The molecule has 4 aromatic rings. The lowest BCUT2D eigenvalue weighted by Gasteiger charge is -2.09. The van der Waals surface area contributed by atoms with Gasteiger partial charge in [-0.1, -0.05) is 0 Å². The summed E-state index contributed by atoms with van der Waals surface area (Å²) in [5, 5.41) is 20.0. The Morgan fingerprint density at radius 3 is 1.22 bits per heavy atom. The maximum atomic E-state index is 12.5. The number of nitrogens with zero attached hydrogens (tertiary/aromatic N) is 2. The van der Waals surface area contributed by atoms with E-state index in [0.717, 1.165) is 35.4 Å². The van der Waals surface area contributed by atoms with Crippen molar-refractivity contribution in [2.75, 3.05) is 0 Å². The van der Waals surface area contributed by atoms with Crippen LogP contribution in [0, 0.1) is 13.8 Å². The summed E-state index contributed by atoms with van der Waals surface area (Å²) < 4.78 is 78.5. The Morgan fingerprint density at radius 2 is 0.938 bits per heavy atom. The van der Waals surface area contributed by atoms with Crippen LogP contribution in [0.4, 0.5) is 26.3 Å². The van der Waals surface area contributed by atoms with Crippen molar-refractivity contribution in [3.8, 4) is 11.5 Å². The minimum atomic E-state index is -4.53. The first-order chi connectivity index (χ1) is 14.6. The van der Waals surface area contributed by atoms with Crippen molar-refractivity contribution < 1.29 is 36.6 Å². The summed E-state index contributed by atoms with van der Waals surface area (Å²) in [6.07, 6.45) is -5.61. The summed E-state index contributed by atoms with van der Waals surface area (Å²) in [5.74, 6) is -1.45. The van der Waals surface area contributed by atoms with Crippen molar-refractivity contribution in [2.45, 2.75) is 26.2 Å². The van der Waals surface area contributed by atoms with Crippen LogP contribution in [0.15, 0.2) is 36.7 Å². The van der Waals surface area contributed by atoms with Crippen molar-refractivity contribution in [1.82, 2.24) is 9.13 Å². The Morgan fingerprint density at radius 1 is 0.625 bits per heavy atom. The van der Waals surface area contributed by atoms with E-state index in [0.29, 0.717) is 21.8 Å². The number of rotatable bonds is 0. The fraction of sp³-hybridized carbons (Fsp3) is 0.273. The fourth-order valence-electron chi connectivity index (χ4n) is 3.68. The predicted molar refractivity (Wildman–Crippen MR) is 109 cm³/mol. The van der Waals surface area contributed by atoms with Gasteiger partial charge >= 0.3 is 12.4 Å². The van der Waals surface area contributed by atoms with Crippen LogP contribution < -0.4 is 0 Å². The molecule has 172 valence electrons. The molecule has 4 nitrogen and oxygen atoms in total. The zero-order valence-corrected chi connectivity index (χ0v) is 17.5. The second-order valence-corrected chi connectivity index (χ2v) is 7.61. The minimum Gasteiger partial charge on any atom is -0.507 e. The highest BCUT2D eigenvalue weighted by Gasteiger charge is 2.35. The molecule has 0 fully saturated rings. The molecule has 0 saturated carbocycles. The number of aromatic hydroxyl groups is 2. The van der Waals surface area contributed by atoms with Crippen LogP contribution in [0.5, 0.6) is 11.5 Å². The molecule has 0 saturated heterocycles. The molecular formula is C22H20F6N2O2. The van der Waals surface area contributed by atoms with Crippen molar-refractivity contribution in [1.29, 1.82) is 0 Å². The van der Waals surface area contributed by atoms with Crippen molar-refractivity contribution in [2.24, 2.45) is 14.1 Å². The second kappa shape index (κ2) is 7.68. The Balaban J connectivity index is 0.000000181. The first kappa shape index (κ1) is 23.4. The molecule has 0 amide bonds. The Kier molecular flexibility index (Phi) is 5.61. The number of alkyl halides is 6. The molecule has 2 N–H and O–H groups in total. The van der Waals surface area contributed by atoms with Crippen LogP contribution in [-0.4, -0.2) is 19.3 Å². The van der Waals surface area contributed by atoms with E-state index in [-0.39, 0.29) is 0 Å². The van der Waals surface area contributed by atoms with E-state index in [2.05, 4.69) is 0 Å². The van der Waals surface area contributed by atoms with Crippen LogP contribution in [0.1, 0.15) is 22.3 Å². The van der Waals surface area contributed by atoms with Gasteiger partial charge in [-0.05, 0) is 49.2 Å². The van der Waals surface area contributed by atoms with Gasteiger partial charge in [0.1, 0.15) is 11.5 Å². The number of benzene rings is 2. The SMILES string of the molecule is Cc1cn(C)c2cc(C(F)(F)F)c(O)cc12.Cc1cn(C)c2cc(C(F)(F)F)c(O)cc12. The van der Waals surface area contributed by atoms with Gasteiger partial charge in [-0.3, -0.25) is 0 Å². The summed E-state index contributed by atoms with van der Waals surface area (Å²) in [4.78, 5) is 0. The van der Waals surface area contributed by atoms with E-state index in [9.17, 15) is 36.6 Å². The number of aromatic nitrogens is 2. The number of aryl methyl sites for hydroxylation is 4. The molecule has 32 heavy (non-hydrogen) atoms. The lowest BCUT2D eigenvalue weighted by atomic mass is 10.1. The van der Waals surface area contributed by atoms with Gasteiger partial charge in [0, 0.05) is 48.3 Å². The normalized spacial score (nSPS) is 12.3. The van der Waals surface area contributed by atoms with Gasteiger partial charge in [-0.15, -0.1) is 0 Å². The topological polar surface area (TPSA) is 50.3 Å². The predicted octanol–water partition coefficient (Wildman–Crippen LogP) is 6.42. The average Bonchev–Trinajstić information content (AvgIpc) is 3.07. The minimum absolute atomic E-state index is 0.461. The lowest BCUT2D eigenvalue weighted by Crippen LogP contribution is -2.05. The maximum Gasteiger partial charge on any atom is 0.420 e. The standard InChI is InChI=1S/2C11H10F3NO/c2*1-6-5-15(2)9-4-8(11(12,13)14)10(16)3-7(6)9/h2*3-5,16H,1-2H3. The molecule has 10 heteroatoms. The molecule has 2 aromatic heterocycles. The quantitative estimate of drug-likeness (QED) is 0.299. The zero-order valence-electron chi connectivity index (χ0n) is 17.5. The molecule has 0 radical (unpaired) electrons. The fourth-order valence-corrected chi connectivity index (χ4v) is 3.68. The highest BCUT2D eigenvalue weighted by atomic mass is 19.4. The third kappa shape index (κ3) is 4.21. The molecule has 0 spiro atoms. The van der Waals surface area contributed by atoms with Crippen LogP contribution in [0.2, 0.25) is 0 Å². The van der Waals surface area contributed by atoms with Crippen LogP contribution in [0.25, 0.3) is 21.8 Å². The van der Waals surface area contributed by atoms with Gasteiger partial charge in [-0.2, -0.15) is 26.3 Å². The number of halogens is 6. The summed E-state index contributed by atoms with van der Waals surface area (Å²) >= 11 is 0. The number of hydrogen-bond acceptors (Lipinski definition) is 2. The van der Waals surface area contributed by atoms with E-state index >= 15 is 0 Å². The summed E-state index contributed by atoms with van der Waals surface area (Å²) in [6, 6.07) is 4.26.